The number of hydrogen-bond acceptors (Lipinski definition) is 4. The number of amides is 1. The molecule has 5 rings (SSSR count). The molecule has 3 aliphatic heterocycles. The van der Waals surface area contributed by atoms with Crippen LogP contribution in [0.1, 0.15) is 37.7 Å². The second-order valence-electron chi connectivity index (χ2n) is 7.01. The number of piperidine rings is 1. The minimum absolute atomic E-state index is 0.203. The maximum absolute atomic E-state index is 12.3. The molecule has 3 atom stereocenters. The van der Waals surface area contributed by atoms with Crippen LogP contribution in [0.2, 0.25) is 0 Å². The van der Waals surface area contributed by atoms with Crippen molar-refractivity contribution in [3.63, 3.8) is 0 Å². The first-order chi connectivity index (χ1) is 11.1. The van der Waals surface area contributed by atoms with Crippen molar-refractivity contribution < 1.29 is 19.4 Å². The molecule has 2 bridgehead atoms. The molecule has 0 aromatic heterocycles. The fourth-order valence-corrected chi connectivity index (χ4v) is 4.67. The van der Waals surface area contributed by atoms with Crippen molar-refractivity contribution in [3.05, 3.63) is 29.8 Å². The zero-order chi connectivity index (χ0) is 16.1. The fourth-order valence-electron chi connectivity index (χ4n) is 4.67. The van der Waals surface area contributed by atoms with Crippen LogP contribution >= 0.6 is 0 Å². The van der Waals surface area contributed by atoms with E-state index in [0.29, 0.717) is 19.4 Å². The van der Waals surface area contributed by atoms with Gasteiger partial charge in [-0.25, -0.2) is 4.79 Å². The molecule has 1 aromatic carbocycles. The lowest BCUT2D eigenvalue weighted by Crippen LogP contribution is -2.78. The molecule has 3 heterocycles. The molecule has 3 saturated heterocycles. The Balaban J connectivity index is 1.66. The van der Waals surface area contributed by atoms with Crippen LogP contribution in [0.5, 0.6) is 5.75 Å². The molecule has 1 spiro atoms. The minimum Gasteiger partial charge on any atom is -0.497 e. The summed E-state index contributed by atoms with van der Waals surface area (Å²) in [5.41, 5.74) is -0.503. The van der Waals surface area contributed by atoms with E-state index in [4.69, 9.17) is 9.47 Å². The van der Waals surface area contributed by atoms with Gasteiger partial charge in [-0.05, 0) is 43.4 Å². The Hall–Kier alpha value is -1.75. The standard InChI is InChI=1S/C18H23NO4/c1-22-14-6-4-13(5-7-14)12-15-18(21)9-3-2-8-17(18)10-11-19(15)16(20)23-17/h4-7,15,21H,2-3,8-12H2,1H3/t15-,17-,18-/m0/s1. The highest BCUT2D eigenvalue weighted by Gasteiger charge is 2.67. The third-order valence-electron chi connectivity index (χ3n) is 5.97. The Bertz CT molecular complexity index is 612. The van der Waals surface area contributed by atoms with Crippen LogP contribution in [0.3, 0.4) is 0 Å². The van der Waals surface area contributed by atoms with Crippen molar-refractivity contribution >= 4 is 6.09 Å². The van der Waals surface area contributed by atoms with Crippen LogP contribution in [-0.2, 0) is 11.2 Å². The lowest BCUT2D eigenvalue weighted by atomic mass is 9.61. The van der Waals surface area contributed by atoms with E-state index in [1.54, 1.807) is 12.0 Å². The molecule has 5 heteroatoms. The lowest BCUT2D eigenvalue weighted by molar-refractivity contribution is -0.263. The summed E-state index contributed by atoms with van der Waals surface area (Å²) < 4.78 is 10.9. The first kappa shape index (κ1) is 14.8. The minimum atomic E-state index is -0.933. The monoisotopic (exact) mass is 317 g/mol. The number of benzene rings is 1. The molecule has 1 saturated carbocycles. The van der Waals surface area contributed by atoms with Gasteiger partial charge in [-0.1, -0.05) is 18.6 Å². The van der Waals surface area contributed by atoms with E-state index in [0.717, 1.165) is 37.0 Å². The topological polar surface area (TPSA) is 59.0 Å². The number of nitrogens with zero attached hydrogens (tertiary/aromatic N) is 1. The Labute approximate surface area is 136 Å². The molecule has 4 aliphatic rings. The van der Waals surface area contributed by atoms with Crippen molar-refractivity contribution in [2.45, 2.75) is 55.8 Å². The van der Waals surface area contributed by atoms with Gasteiger partial charge < -0.3 is 19.5 Å². The third kappa shape index (κ3) is 2.06. The summed E-state index contributed by atoms with van der Waals surface area (Å²) in [6.45, 7) is 0.683. The van der Waals surface area contributed by atoms with E-state index >= 15 is 0 Å². The second kappa shape index (κ2) is 5.13. The van der Waals surface area contributed by atoms with Crippen molar-refractivity contribution in [1.82, 2.24) is 4.90 Å². The average Bonchev–Trinajstić information content (AvgIpc) is 2.56. The molecular weight excluding hydrogens is 294 g/mol. The van der Waals surface area contributed by atoms with Gasteiger partial charge in [0.15, 0.2) is 0 Å². The summed E-state index contributed by atoms with van der Waals surface area (Å²) in [5.74, 6) is 0.812. The summed E-state index contributed by atoms with van der Waals surface area (Å²) in [5, 5.41) is 11.5. The van der Waals surface area contributed by atoms with E-state index in [1.807, 2.05) is 24.3 Å². The Morgan fingerprint density at radius 1 is 1.26 bits per heavy atom. The molecule has 1 N–H and O–H groups in total. The predicted molar refractivity (Wildman–Crippen MR) is 84.4 cm³/mol. The largest absolute Gasteiger partial charge is 0.497 e. The molecule has 0 radical (unpaired) electrons. The maximum Gasteiger partial charge on any atom is 0.410 e. The van der Waals surface area contributed by atoms with E-state index in [2.05, 4.69) is 0 Å². The van der Waals surface area contributed by atoms with Gasteiger partial charge in [0.25, 0.3) is 0 Å². The Morgan fingerprint density at radius 2 is 2.00 bits per heavy atom. The number of fused-ring (bicyclic) bond motifs is 2. The summed E-state index contributed by atoms with van der Waals surface area (Å²) in [6.07, 6.45) is 4.63. The predicted octanol–water partition coefficient (Wildman–Crippen LogP) is 2.51. The lowest BCUT2D eigenvalue weighted by Gasteiger charge is -2.63. The molecule has 124 valence electrons. The van der Waals surface area contributed by atoms with E-state index < -0.39 is 11.2 Å². The summed E-state index contributed by atoms with van der Waals surface area (Å²) in [4.78, 5) is 14.1. The Morgan fingerprint density at radius 3 is 2.70 bits per heavy atom. The quantitative estimate of drug-likeness (QED) is 0.930. The number of hydrogen-bond donors (Lipinski definition) is 1. The van der Waals surface area contributed by atoms with Gasteiger partial charge >= 0.3 is 6.09 Å². The van der Waals surface area contributed by atoms with Crippen LogP contribution in [0.15, 0.2) is 24.3 Å². The normalized spacial score (nSPS) is 35.7. The first-order valence-electron chi connectivity index (χ1n) is 8.43. The number of ether oxygens (including phenoxy) is 2. The second-order valence-corrected chi connectivity index (χ2v) is 7.01. The third-order valence-corrected chi connectivity index (χ3v) is 5.97. The van der Waals surface area contributed by atoms with Gasteiger partial charge in [0, 0.05) is 13.0 Å². The summed E-state index contributed by atoms with van der Waals surface area (Å²) >= 11 is 0. The van der Waals surface area contributed by atoms with Gasteiger partial charge in [0.05, 0.1) is 13.2 Å². The summed E-state index contributed by atoms with van der Waals surface area (Å²) in [6, 6.07) is 7.65. The smallest absolute Gasteiger partial charge is 0.410 e. The molecule has 5 nitrogen and oxygen atoms in total. The van der Waals surface area contributed by atoms with Gasteiger partial charge in [-0.2, -0.15) is 0 Å². The zero-order valence-corrected chi connectivity index (χ0v) is 13.5. The molecule has 1 aliphatic carbocycles. The van der Waals surface area contributed by atoms with Gasteiger partial charge in [0.1, 0.15) is 17.0 Å². The molecular formula is C18H23NO4. The van der Waals surface area contributed by atoms with Gasteiger partial charge in [-0.3, -0.25) is 0 Å². The highest BCUT2D eigenvalue weighted by molar-refractivity contribution is 5.72. The Kier molecular flexibility index (Phi) is 3.30. The van der Waals surface area contributed by atoms with Crippen molar-refractivity contribution in [3.8, 4) is 5.75 Å². The summed E-state index contributed by atoms with van der Waals surface area (Å²) in [7, 11) is 1.64. The molecule has 0 unspecified atom stereocenters. The SMILES string of the molecule is COc1ccc(C[C@@H]2N3CC[C@]4(CCCC[C@]24O)OC3=O)cc1. The number of aliphatic hydroxyl groups is 1. The number of rotatable bonds is 3. The maximum atomic E-state index is 12.3. The molecule has 1 amide bonds. The van der Waals surface area contributed by atoms with E-state index in [1.165, 1.54) is 0 Å². The van der Waals surface area contributed by atoms with E-state index in [-0.39, 0.29) is 12.1 Å². The number of carbonyl (C=O) groups is 1. The average molecular weight is 317 g/mol. The van der Waals surface area contributed by atoms with Crippen molar-refractivity contribution in [2.75, 3.05) is 13.7 Å². The van der Waals surface area contributed by atoms with Crippen LogP contribution < -0.4 is 4.74 Å². The van der Waals surface area contributed by atoms with Crippen molar-refractivity contribution in [1.29, 1.82) is 0 Å². The van der Waals surface area contributed by atoms with Crippen LogP contribution in [-0.4, -0.2) is 47.0 Å². The highest BCUT2D eigenvalue weighted by atomic mass is 16.6. The number of methoxy groups -OCH3 is 1. The molecule has 4 fully saturated rings. The van der Waals surface area contributed by atoms with E-state index in [9.17, 15) is 9.90 Å². The van der Waals surface area contributed by atoms with Gasteiger partial charge in [0.2, 0.25) is 0 Å². The fraction of sp³-hybridized carbons (Fsp3) is 0.611. The van der Waals surface area contributed by atoms with Crippen LogP contribution in [0, 0.1) is 0 Å². The number of carbonyl (C=O) groups excluding carboxylic acids is 1. The van der Waals surface area contributed by atoms with Gasteiger partial charge in [-0.15, -0.1) is 0 Å². The van der Waals surface area contributed by atoms with Crippen molar-refractivity contribution in [2.24, 2.45) is 0 Å². The molecule has 23 heavy (non-hydrogen) atoms. The zero-order valence-electron chi connectivity index (χ0n) is 13.5. The molecule has 1 aromatic rings. The first-order valence-corrected chi connectivity index (χ1v) is 8.43. The van der Waals surface area contributed by atoms with Crippen LogP contribution in [0.4, 0.5) is 4.79 Å². The highest BCUT2D eigenvalue weighted by Crippen LogP contribution is 2.52. The van der Waals surface area contributed by atoms with Crippen LogP contribution in [0.25, 0.3) is 0 Å².